The van der Waals surface area contributed by atoms with Crippen LogP contribution >= 0.6 is 0 Å². The highest BCUT2D eigenvalue weighted by Gasteiger charge is 2.50. The summed E-state index contributed by atoms with van der Waals surface area (Å²) in [5, 5.41) is 9.13. The Bertz CT molecular complexity index is 486. The van der Waals surface area contributed by atoms with Gasteiger partial charge in [0.2, 0.25) is 0 Å². The lowest BCUT2D eigenvalue weighted by atomic mass is 10.1. The number of ether oxygens (including phenoxy) is 1. The molecular formula is C14H18FNO3. The van der Waals surface area contributed by atoms with Gasteiger partial charge in [-0.05, 0) is 37.6 Å². The van der Waals surface area contributed by atoms with E-state index in [1.807, 2.05) is 11.9 Å². The van der Waals surface area contributed by atoms with Gasteiger partial charge in [-0.25, -0.2) is 4.39 Å². The summed E-state index contributed by atoms with van der Waals surface area (Å²) in [5.41, 5.74) is 0.224. The summed E-state index contributed by atoms with van der Waals surface area (Å²) in [4.78, 5) is 13.0. The normalized spacial score (nSPS) is 16.4. The number of nitrogens with zero attached hydrogens (tertiary/aromatic N) is 1. The minimum atomic E-state index is -0.736. The molecule has 1 aliphatic carbocycles. The Morgan fingerprint density at radius 2 is 2.21 bits per heavy atom. The van der Waals surface area contributed by atoms with E-state index >= 15 is 0 Å². The molecule has 2 rings (SSSR count). The van der Waals surface area contributed by atoms with E-state index in [1.54, 1.807) is 12.1 Å². The molecule has 4 nitrogen and oxygen atoms in total. The lowest BCUT2D eigenvalue weighted by Crippen LogP contribution is -2.31. The molecule has 1 saturated carbocycles. The lowest BCUT2D eigenvalue weighted by Gasteiger charge is -2.21. The number of methoxy groups -OCH3 is 1. The monoisotopic (exact) mass is 267 g/mol. The third kappa shape index (κ3) is 3.04. The fourth-order valence-electron chi connectivity index (χ4n) is 2.28. The molecule has 1 fully saturated rings. The molecule has 0 bridgehead atoms. The Morgan fingerprint density at radius 1 is 1.53 bits per heavy atom. The van der Waals surface area contributed by atoms with Gasteiger partial charge in [0.1, 0.15) is 0 Å². The summed E-state index contributed by atoms with van der Waals surface area (Å²) in [6.07, 6.45) is 1.45. The van der Waals surface area contributed by atoms with Crippen molar-refractivity contribution < 1.29 is 19.0 Å². The van der Waals surface area contributed by atoms with Crippen molar-refractivity contribution in [3.8, 4) is 5.75 Å². The smallest absolute Gasteiger partial charge is 0.310 e. The maximum atomic E-state index is 13.5. The highest BCUT2D eigenvalue weighted by atomic mass is 19.1. The zero-order valence-electron chi connectivity index (χ0n) is 11.1. The zero-order chi connectivity index (χ0) is 14.0. The molecule has 0 aromatic heterocycles. The maximum Gasteiger partial charge on any atom is 0.310 e. The summed E-state index contributed by atoms with van der Waals surface area (Å²) in [6, 6.07) is 4.80. The third-order valence-corrected chi connectivity index (χ3v) is 3.55. The molecule has 104 valence electrons. The van der Waals surface area contributed by atoms with Gasteiger partial charge < -0.3 is 14.7 Å². The average molecular weight is 267 g/mol. The molecule has 0 radical (unpaired) electrons. The van der Waals surface area contributed by atoms with Crippen LogP contribution in [0, 0.1) is 11.2 Å². The third-order valence-electron chi connectivity index (χ3n) is 3.55. The number of carboxylic acids is 1. The Hall–Kier alpha value is -1.62. The van der Waals surface area contributed by atoms with Crippen LogP contribution in [0.5, 0.6) is 5.75 Å². The first kappa shape index (κ1) is 13.8. The van der Waals surface area contributed by atoms with Crippen molar-refractivity contribution in [3.05, 3.63) is 29.6 Å². The zero-order valence-corrected chi connectivity index (χ0v) is 11.1. The van der Waals surface area contributed by atoms with E-state index in [-0.39, 0.29) is 5.75 Å². The predicted molar refractivity (Wildman–Crippen MR) is 68.6 cm³/mol. The Balaban J connectivity index is 1.97. The van der Waals surface area contributed by atoms with Crippen LogP contribution in [0.2, 0.25) is 0 Å². The number of hydrogen-bond donors (Lipinski definition) is 1. The van der Waals surface area contributed by atoms with Gasteiger partial charge in [0.05, 0.1) is 12.5 Å². The summed E-state index contributed by atoms with van der Waals surface area (Å²) < 4.78 is 18.4. The molecule has 1 aliphatic rings. The van der Waals surface area contributed by atoms with Crippen molar-refractivity contribution in [1.82, 2.24) is 4.90 Å². The van der Waals surface area contributed by atoms with Crippen LogP contribution < -0.4 is 4.74 Å². The molecule has 0 unspecified atom stereocenters. The summed E-state index contributed by atoms with van der Waals surface area (Å²) in [7, 11) is 3.28. The largest absolute Gasteiger partial charge is 0.494 e. The summed E-state index contributed by atoms with van der Waals surface area (Å²) in [6.45, 7) is 1.02. The first-order valence-corrected chi connectivity index (χ1v) is 6.21. The van der Waals surface area contributed by atoms with Crippen molar-refractivity contribution in [2.45, 2.75) is 19.4 Å². The number of rotatable bonds is 6. The van der Waals surface area contributed by atoms with Crippen molar-refractivity contribution in [2.24, 2.45) is 5.41 Å². The molecule has 1 aromatic carbocycles. The minimum absolute atomic E-state index is 0.218. The minimum Gasteiger partial charge on any atom is -0.494 e. The summed E-state index contributed by atoms with van der Waals surface area (Å²) in [5.74, 6) is -0.913. The highest BCUT2D eigenvalue weighted by Crippen LogP contribution is 2.46. The number of hydrogen-bond acceptors (Lipinski definition) is 3. The second kappa shape index (κ2) is 5.17. The molecule has 1 N–H and O–H groups in total. The Kier molecular flexibility index (Phi) is 3.75. The van der Waals surface area contributed by atoms with E-state index in [0.717, 1.165) is 18.4 Å². The van der Waals surface area contributed by atoms with E-state index in [2.05, 4.69) is 0 Å². The van der Waals surface area contributed by atoms with E-state index in [0.29, 0.717) is 13.1 Å². The van der Waals surface area contributed by atoms with E-state index in [1.165, 1.54) is 13.2 Å². The van der Waals surface area contributed by atoms with Crippen molar-refractivity contribution in [1.29, 1.82) is 0 Å². The van der Waals surface area contributed by atoms with Gasteiger partial charge in [0.15, 0.2) is 11.6 Å². The van der Waals surface area contributed by atoms with Crippen LogP contribution in [0.15, 0.2) is 18.2 Å². The molecule has 0 heterocycles. The molecule has 0 saturated heterocycles. The molecule has 1 aromatic rings. The van der Waals surface area contributed by atoms with Crippen LogP contribution in [0.3, 0.4) is 0 Å². The Morgan fingerprint density at radius 3 is 2.68 bits per heavy atom. The van der Waals surface area contributed by atoms with Gasteiger partial charge in [0, 0.05) is 13.1 Å². The van der Waals surface area contributed by atoms with Gasteiger partial charge in [-0.1, -0.05) is 6.07 Å². The standard InChI is InChI=1S/C14H18FNO3/c1-16(9-14(5-6-14)13(17)18)8-10-3-4-12(19-2)11(15)7-10/h3-4,7H,5-6,8-9H2,1-2H3,(H,17,18). The molecule has 0 spiro atoms. The van der Waals surface area contributed by atoms with E-state index < -0.39 is 17.2 Å². The fourth-order valence-corrected chi connectivity index (χ4v) is 2.28. The maximum absolute atomic E-state index is 13.5. The molecular weight excluding hydrogens is 249 g/mol. The quantitative estimate of drug-likeness (QED) is 0.858. The molecule has 0 aliphatic heterocycles. The van der Waals surface area contributed by atoms with Gasteiger partial charge in [-0.15, -0.1) is 0 Å². The predicted octanol–water partition coefficient (Wildman–Crippen LogP) is 2.13. The van der Waals surface area contributed by atoms with Crippen molar-refractivity contribution in [2.75, 3.05) is 20.7 Å². The second-order valence-corrected chi connectivity index (χ2v) is 5.23. The number of benzene rings is 1. The van der Waals surface area contributed by atoms with Gasteiger partial charge in [-0.2, -0.15) is 0 Å². The molecule has 0 amide bonds. The lowest BCUT2D eigenvalue weighted by molar-refractivity contribution is -0.144. The van der Waals surface area contributed by atoms with Crippen LogP contribution in [-0.4, -0.2) is 36.7 Å². The molecule has 19 heavy (non-hydrogen) atoms. The van der Waals surface area contributed by atoms with Crippen LogP contribution in [0.25, 0.3) is 0 Å². The van der Waals surface area contributed by atoms with Crippen LogP contribution in [0.1, 0.15) is 18.4 Å². The average Bonchev–Trinajstić information content (AvgIpc) is 3.10. The number of carboxylic acid groups (broad SMARTS) is 1. The molecule has 0 atom stereocenters. The first-order valence-electron chi connectivity index (χ1n) is 6.21. The van der Waals surface area contributed by atoms with Crippen LogP contribution in [0.4, 0.5) is 4.39 Å². The summed E-state index contributed by atoms with van der Waals surface area (Å²) >= 11 is 0. The van der Waals surface area contributed by atoms with Crippen LogP contribution in [-0.2, 0) is 11.3 Å². The fraction of sp³-hybridized carbons (Fsp3) is 0.500. The van der Waals surface area contributed by atoms with Crippen molar-refractivity contribution in [3.63, 3.8) is 0 Å². The van der Waals surface area contributed by atoms with Gasteiger partial charge >= 0.3 is 5.97 Å². The number of halogens is 1. The highest BCUT2D eigenvalue weighted by molar-refractivity contribution is 5.78. The van der Waals surface area contributed by atoms with Crippen molar-refractivity contribution >= 4 is 5.97 Å². The van der Waals surface area contributed by atoms with Gasteiger partial charge in [0.25, 0.3) is 0 Å². The van der Waals surface area contributed by atoms with Gasteiger partial charge in [-0.3, -0.25) is 4.79 Å². The Labute approximate surface area is 111 Å². The van der Waals surface area contributed by atoms with E-state index in [9.17, 15) is 9.18 Å². The number of aliphatic carboxylic acids is 1. The first-order chi connectivity index (χ1) is 8.97. The number of carbonyl (C=O) groups is 1. The SMILES string of the molecule is COc1ccc(CN(C)CC2(C(=O)O)CC2)cc1F. The van der Waals surface area contributed by atoms with E-state index in [4.69, 9.17) is 9.84 Å². The topological polar surface area (TPSA) is 49.8 Å². The second-order valence-electron chi connectivity index (χ2n) is 5.23. The molecule has 5 heteroatoms.